The van der Waals surface area contributed by atoms with Gasteiger partial charge in [0.25, 0.3) is 0 Å². The van der Waals surface area contributed by atoms with Gasteiger partial charge in [0, 0.05) is 28.5 Å². The third kappa shape index (κ3) is 3.55. The minimum Gasteiger partial charge on any atom is -0.482 e. The number of carboxylic acid groups (broad SMARTS) is 1. The maximum Gasteiger partial charge on any atom is 0.341 e. The zero-order chi connectivity index (χ0) is 21.5. The number of thiophene rings is 1. The summed E-state index contributed by atoms with van der Waals surface area (Å²) < 4.78 is 6.85. The van der Waals surface area contributed by atoms with Crippen molar-refractivity contribution in [3.63, 3.8) is 0 Å². The molecule has 31 heavy (non-hydrogen) atoms. The molecule has 2 aliphatic rings. The number of hydrogen-bond donors (Lipinski definition) is 3. The first kappa shape index (κ1) is 19.3. The highest BCUT2D eigenvalue weighted by Gasteiger charge is 2.39. The molecule has 1 aliphatic carbocycles. The second-order valence-electron chi connectivity index (χ2n) is 7.45. The fourth-order valence-electron chi connectivity index (χ4n) is 4.15. The molecule has 3 aromatic rings. The predicted octanol–water partition coefficient (Wildman–Crippen LogP) is 2.80. The van der Waals surface area contributed by atoms with Crippen molar-refractivity contribution in [1.82, 2.24) is 14.8 Å². The Hall–Kier alpha value is -3.66. The van der Waals surface area contributed by atoms with Gasteiger partial charge in [0.05, 0.1) is 0 Å². The topological polar surface area (TPSA) is 132 Å². The van der Waals surface area contributed by atoms with Crippen molar-refractivity contribution in [3.8, 4) is 5.75 Å². The normalized spacial score (nSPS) is 20.1. The van der Waals surface area contributed by atoms with Crippen LogP contribution in [0.25, 0.3) is 0 Å². The third-order valence-electron chi connectivity index (χ3n) is 5.44. The van der Waals surface area contributed by atoms with E-state index >= 15 is 0 Å². The average Bonchev–Trinajstić information content (AvgIpc) is 3.40. The number of nitrogens with two attached hydrogens (primary N) is 1. The van der Waals surface area contributed by atoms with Crippen LogP contribution in [0.15, 0.2) is 53.0 Å². The molecule has 2 aromatic heterocycles. The van der Waals surface area contributed by atoms with Crippen molar-refractivity contribution in [1.29, 1.82) is 0 Å². The molecule has 5 rings (SSSR count). The van der Waals surface area contributed by atoms with E-state index in [0.717, 1.165) is 11.3 Å². The molecule has 3 heterocycles. The van der Waals surface area contributed by atoms with Gasteiger partial charge in [-0.25, -0.2) is 9.48 Å². The van der Waals surface area contributed by atoms with Gasteiger partial charge >= 0.3 is 5.97 Å². The van der Waals surface area contributed by atoms with Crippen LogP contribution in [0.3, 0.4) is 0 Å². The number of carbonyl (C=O) groups excluding carboxylic acids is 1. The molecule has 0 saturated carbocycles. The molecule has 0 fully saturated rings. The Balaban J connectivity index is 1.53. The number of fused-ring (bicyclic) bond motifs is 1. The summed E-state index contributed by atoms with van der Waals surface area (Å²) >= 11 is 1.65. The van der Waals surface area contributed by atoms with E-state index in [0.29, 0.717) is 30.1 Å². The Labute approximate surface area is 181 Å². The highest BCUT2D eigenvalue weighted by molar-refractivity contribution is 7.10. The summed E-state index contributed by atoms with van der Waals surface area (Å²) in [4.78, 5) is 29.5. The van der Waals surface area contributed by atoms with E-state index in [2.05, 4.69) is 21.5 Å². The minimum atomic E-state index is -1.05. The second kappa shape index (κ2) is 7.55. The van der Waals surface area contributed by atoms with Gasteiger partial charge in [-0.05, 0) is 35.6 Å². The molecule has 9 nitrogen and oxygen atoms in total. The number of aromatic nitrogens is 3. The molecule has 1 aromatic carbocycles. The molecular formula is C21H19N5O4S. The molecule has 1 aliphatic heterocycles. The molecule has 0 spiro atoms. The lowest BCUT2D eigenvalue weighted by molar-refractivity contribution is -0.139. The number of Topliss-reactive ketones (excluding diaryl/α,β-unsaturated/α-hetero) is 1. The molecule has 0 bridgehead atoms. The van der Waals surface area contributed by atoms with Crippen LogP contribution in [-0.2, 0) is 9.59 Å². The molecule has 4 N–H and O–H groups in total. The third-order valence-corrected chi connectivity index (χ3v) is 6.47. The van der Waals surface area contributed by atoms with Crippen molar-refractivity contribution in [2.75, 3.05) is 17.7 Å². The number of benzene rings is 1. The quantitative estimate of drug-likeness (QED) is 0.555. The number of ketones is 1. The standard InChI is InChI=1S/C21H19N5O4S/c22-20-24-21-23-14-8-12(16-2-1-7-31-16)9-15(27)18(14)19(26(21)25-20)11-3-5-13(6-4-11)30-10-17(28)29/h1-7,12,19H,8-10H2,(H,28,29)(H3,22,23,24,25)/t12-,19-/m1/s1. The van der Waals surface area contributed by atoms with Crippen molar-refractivity contribution < 1.29 is 19.4 Å². The van der Waals surface area contributed by atoms with Crippen LogP contribution < -0.4 is 15.8 Å². The van der Waals surface area contributed by atoms with Crippen molar-refractivity contribution in [3.05, 3.63) is 63.5 Å². The van der Waals surface area contributed by atoms with Gasteiger partial charge in [-0.3, -0.25) is 4.79 Å². The van der Waals surface area contributed by atoms with Crippen LogP contribution in [0.4, 0.5) is 11.9 Å². The highest BCUT2D eigenvalue weighted by Crippen LogP contribution is 2.45. The van der Waals surface area contributed by atoms with Gasteiger partial charge in [-0.2, -0.15) is 4.98 Å². The Morgan fingerprint density at radius 3 is 2.81 bits per heavy atom. The zero-order valence-corrected chi connectivity index (χ0v) is 17.1. The van der Waals surface area contributed by atoms with Crippen LogP contribution in [-0.4, -0.2) is 38.2 Å². The van der Waals surface area contributed by atoms with E-state index in [1.807, 2.05) is 11.4 Å². The fourth-order valence-corrected chi connectivity index (χ4v) is 4.98. The highest BCUT2D eigenvalue weighted by atomic mass is 32.1. The van der Waals surface area contributed by atoms with E-state index in [1.54, 1.807) is 40.3 Å². The van der Waals surface area contributed by atoms with E-state index < -0.39 is 18.6 Å². The first-order valence-electron chi connectivity index (χ1n) is 9.73. The van der Waals surface area contributed by atoms with E-state index in [-0.39, 0.29) is 17.6 Å². The number of carbonyl (C=O) groups is 2. The molecule has 0 amide bonds. The number of hydrogen-bond acceptors (Lipinski definition) is 8. The summed E-state index contributed by atoms with van der Waals surface area (Å²) in [7, 11) is 0. The molecule has 158 valence electrons. The molecule has 0 unspecified atom stereocenters. The number of nitrogens with one attached hydrogen (secondary N) is 1. The number of carboxylic acids is 1. The summed E-state index contributed by atoms with van der Waals surface area (Å²) in [6.45, 7) is -0.422. The van der Waals surface area contributed by atoms with E-state index in [1.165, 1.54) is 4.88 Å². The number of allylic oxidation sites excluding steroid dienone is 2. The SMILES string of the molecule is Nc1nc2n(n1)[C@H](c1ccc(OCC(=O)O)cc1)C1=C(C[C@@H](c3cccs3)CC1=O)N2. The molecule has 10 heteroatoms. The molecule has 0 saturated heterocycles. The average molecular weight is 437 g/mol. The number of rotatable bonds is 5. The summed E-state index contributed by atoms with van der Waals surface area (Å²) in [6, 6.07) is 10.6. The van der Waals surface area contributed by atoms with Gasteiger partial charge < -0.3 is 20.9 Å². The number of nitrogens with zero attached hydrogens (tertiary/aromatic N) is 3. The van der Waals surface area contributed by atoms with Gasteiger partial charge in [-0.1, -0.05) is 18.2 Å². The van der Waals surface area contributed by atoms with Gasteiger partial charge in [0.1, 0.15) is 11.8 Å². The Morgan fingerprint density at radius 2 is 2.10 bits per heavy atom. The number of ether oxygens (including phenoxy) is 1. The number of aliphatic carboxylic acids is 1. The van der Waals surface area contributed by atoms with Gasteiger partial charge in [0.2, 0.25) is 11.9 Å². The second-order valence-corrected chi connectivity index (χ2v) is 8.43. The largest absolute Gasteiger partial charge is 0.482 e. The monoisotopic (exact) mass is 437 g/mol. The maximum atomic E-state index is 13.3. The lowest BCUT2D eigenvalue weighted by Gasteiger charge is -2.34. The van der Waals surface area contributed by atoms with Crippen LogP contribution in [0.2, 0.25) is 0 Å². The van der Waals surface area contributed by atoms with Crippen LogP contribution in [0.5, 0.6) is 5.75 Å². The smallest absolute Gasteiger partial charge is 0.341 e. The first-order valence-corrected chi connectivity index (χ1v) is 10.6. The van der Waals surface area contributed by atoms with Crippen LogP contribution in [0.1, 0.15) is 35.2 Å². The maximum absolute atomic E-state index is 13.3. The van der Waals surface area contributed by atoms with Crippen molar-refractivity contribution in [2.45, 2.75) is 24.8 Å². The summed E-state index contributed by atoms with van der Waals surface area (Å²) in [5.41, 5.74) is 8.17. The molecule has 2 atom stereocenters. The van der Waals surface area contributed by atoms with E-state index in [4.69, 9.17) is 15.6 Å². The van der Waals surface area contributed by atoms with Crippen molar-refractivity contribution >= 4 is 35.0 Å². The summed E-state index contributed by atoms with van der Waals surface area (Å²) in [5, 5.41) is 18.4. The zero-order valence-electron chi connectivity index (χ0n) is 16.3. The Morgan fingerprint density at radius 1 is 1.29 bits per heavy atom. The fraction of sp³-hybridized carbons (Fsp3) is 0.238. The summed E-state index contributed by atoms with van der Waals surface area (Å²) in [5.74, 6) is 0.178. The lowest BCUT2D eigenvalue weighted by atomic mass is 9.80. The lowest BCUT2D eigenvalue weighted by Crippen LogP contribution is -2.33. The van der Waals surface area contributed by atoms with Crippen LogP contribution >= 0.6 is 11.3 Å². The van der Waals surface area contributed by atoms with Gasteiger partial charge in [-0.15, -0.1) is 16.4 Å². The van der Waals surface area contributed by atoms with Gasteiger partial charge in [0.15, 0.2) is 12.4 Å². The number of anilines is 2. The van der Waals surface area contributed by atoms with Crippen molar-refractivity contribution in [2.24, 2.45) is 0 Å². The molecule has 0 radical (unpaired) electrons. The number of nitrogen functional groups attached to an aromatic ring is 1. The predicted molar refractivity (Wildman–Crippen MR) is 114 cm³/mol. The van der Waals surface area contributed by atoms with Crippen LogP contribution in [0, 0.1) is 0 Å². The Kier molecular flexibility index (Phi) is 4.70. The van der Waals surface area contributed by atoms with E-state index in [9.17, 15) is 9.59 Å². The first-order chi connectivity index (χ1) is 15.0. The minimum absolute atomic E-state index is 0.0584. The Bertz CT molecular complexity index is 1180. The molecular weight excluding hydrogens is 418 g/mol. The summed E-state index contributed by atoms with van der Waals surface area (Å²) in [6.07, 6.45) is 1.13.